The molecule has 1 aliphatic heterocycles. The number of Topliss-reactive ketones (excluding diaryl/α,β-unsaturated/α-hetero) is 1. The van der Waals surface area contributed by atoms with Crippen molar-refractivity contribution in [2.24, 2.45) is 0 Å². The molecule has 0 fully saturated rings. The summed E-state index contributed by atoms with van der Waals surface area (Å²) < 4.78 is 10.7. The van der Waals surface area contributed by atoms with Crippen LogP contribution >= 0.6 is 0 Å². The fraction of sp³-hybridized carbons (Fsp3) is 0.364. The normalized spacial score (nSPS) is 18.3. The second-order valence-electron chi connectivity index (χ2n) is 7.03. The third kappa shape index (κ3) is 2.69. The van der Waals surface area contributed by atoms with Crippen molar-refractivity contribution in [3.8, 4) is 11.5 Å². The van der Waals surface area contributed by atoms with E-state index in [1.54, 1.807) is 12.0 Å². The number of aryl methyl sites for hydroxylation is 1. The summed E-state index contributed by atoms with van der Waals surface area (Å²) in [5.41, 5.74) is 4.84. The van der Waals surface area contributed by atoms with E-state index in [1.165, 1.54) is 18.2 Å². The van der Waals surface area contributed by atoms with Crippen molar-refractivity contribution in [3.63, 3.8) is 0 Å². The number of fused-ring (bicyclic) bond motifs is 2. The Labute approximate surface area is 158 Å². The van der Waals surface area contributed by atoms with Gasteiger partial charge in [0.05, 0.1) is 25.5 Å². The lowest BCUT2D eigenvalue weighted by Crippen LogP contribution is -2.30. The van der Waals surface area contributed by atoms with Crippen LogP contribution in [-0.4, -0.2) is 32.5 Å². The Morgan fingerprint density at radius 3 is 2.59 bits per heavy atom. The summed E-state index contributed by atoms with van der Waals surface area (Å²) in [6, 6.07) is 10.1. The number of rotatable bonds is 4. The Balaban J connectivity index is 1.77. The molecule has 140 valence electrons. The minimum atomic E-state index is -0.466. The molecule has 27 heavy (non-hydrogen) atoms. The molecule has 1 heterocycles. The summed E-state index contributed by atoms with van der Waals surface area (Å²) in [4.78, 5) is 26.6. The molecule has 0 aromatic heterocycles. The average Bonchev–Trinajstić information content (AvgIpc) is 2.97. The SMILES string of the molecule is CCN1C(=O)C(=O)c2c(OC)ccc(C3CCc4cc(OC)ccc4C3)c21. The Kier molecular flexibility index (Phi) is 4.38. The number of ketones is 1. The number of hydrogen-bond acceptors (Lipinski definition) is 4. The lowest BCUT2D eigenvalue weighted by atomic mass is 9.79. The highest BCUT2D eigenvalue weighted by atomic mass is 16.5. The Morgan fingerprint density at radius 1 is 1.07 bits per heavy atom. The zero-order chi connectivity index (χ0) is 19.1. The molecule has 0 N–H and O–H groups in total. The van der Waals surface area contributed by atoms with Crippen molar-refractivity contribution in [1.82, 2.24) is 0 Å². The first-order valence-electron chi connectivity index (χ1n) is 9.31. The Hall–Kier alpha value is -2.82. The number of nitrogens with zero attached hydrogens (tertiary/aromatic N) is 1. The highest BCUT2D eigenvalue weighted by Gasteiger charge is 2.40. The van der Waals surface area contributed by atoms with E-state index in [1.807, 2.05) is 25.1 Å². The quantitative estimate of drug-likeness (QED) is 0.778. The van der Waals surface area contributed by atoms with Gasteiger partial charge in [-0.15, -0.1) is 0 Å². The minimum Gasteiger partial charge on any atom is -0.497 e. The smallest absolute Gasteiger partial charge is 0.299 e. The van der Waals surface area contributed by atoms with Crippen LogP contribution in [0, 0.1) is 0 Å². The van der Waals surface area contributed by atoms with E-state index in [4.69, 9.17) is 9.47 Å². The summed E-state index contributed by atoms with van der Waals surface area (Å²) in [6.45, 7) is 2.37. The number of ether oxygens (including phenoxy) is 2. The molecule has 1 atom stereocenters. The van der Waals surface area contributed by atoms with Gasteiger partial charge in [0.25, 0.3) is 11.7 Å². The topological polar surface area (TPSA) is 55.8 Å². The van der Waals surface area contributed by atoms with E-state index in [9.17, 15) is 9.59 Å². The van der Waals surface area contributed by atoms with E-state index in [-0.39, 0.29) is 5.92 Å². The molecule has 0 bridgehead atoms. The Morgan fingerprint density at radius 2 is 1.89 bits per heavy atom. The molecule has 5 nitrogen and oxygen atoms in total. The molecule has 0 saturated heterocycles. The van der Waals surface area contributed by atoms with Gasteiger partial charge < -0.3 is 14.4 Å². The third-order valence-electron chi connectivity index (χ3n) is 5.73. The van der Waals surface area contributed by atoms with Gasteiger partial charge in [0.2, 0.25) is 0 Å². The summed E-state index contributed by atoms with van der Waals surface area (Å²) in [5.74, 6) is 0.693. The second-order valence-corrected chi connectivity index (χ2v) is 7.03. The van der Waals surface area contributed by atoms with Crippen LogP contribution in [0.15, 0.2) is 30.3 Å². The van der Waals surface area contributed by atoms with Crippen LogP contribution < -0.4 is 14.4 Å². The molecular formula is C22H23NO4. The maximum atomic E-state index is 12.6. The molecule has 1 amide bonds. The molecule has 0 spiro atoms. The highest BCUT2D eigenvalue weighted by Crippen LogP contribution is 2.45. The lowest BCUT2D eigenvalue weighted by Gasteiger charge is -2.29. The van der Waals surface area contributed by atoms with E-state index in [0.717, 1.165) is 36.3 Å². The zero-order valence-electron chi connectivity index (χ0n) is 15.9. The standard InChI is InChI=1S/C22H23NO4/c1-4-23-20-17(9-10-18(27-3)19(20)21(24)22(23)25)15-6-5-14-12-16(26-2)8-7-13(14)11-15/h7-10,12,15H,4-6,11H2,1-3H3. The minimum absolute atomic E-state index is 0.262. The summed E-state index contributed by atoms with van der Waals surface area (Å²) >= 11 is 0. The van der Waals surface area contributed by atoms with E-state index >= 15 is 0 Å². The lowest BCUT2D eigenvalue weighted by molar-refractivity contribution is -0.114. The molecular weight excluding hydrogens is 342 g/mol. The van der Waals surface area contributed by atoms with Gasteiger partial charge in [-0.1, -0.05) is 12.1 Å². The van der Waals surface area contributed by atoms with Gasteiger partial charge in [-0.25, -0.2) is 0 Å². The first kappa shape index (κ1) is 17.6. The van der Waals surface area contributed by atoms with Crippen LogP contribution in [0.3, 0.4) is 0 Å². The predicted molar refractivity (Wildman–Crippen MR) is 103 cm³/mol. The number of carbonyl (C=O) groups is 2. The fourth-order valence-corrected chi connectivity index (χ4v) is 4.36. The third-order valence-corrected chi connectivity index (χ3v) is 5.73. The van der Waals surface area contributed by atoms with Gasteiger partial charge >= 0.3 is 0 Å². The molecule has 0 radical (unpaired) electrons. The van der Waals surface area contributed by atoms with E-state index in [2.05, 4.69) is 12.1 Å². The summed E-state index contributed by atoms with van der Waals surface area (Å²) in [6.07, 6.45) is 2.81. The monoisotopic (exact) mass is 365 g/mol. The summed E-state index contributed by atoms with van der Waals surface area (Å²) in [7, 11) is 3.22. The molecule has 1 aliphatic carbocycles. The highest BCUT2D eigenvalue weighted by molar-refractivity contribution is 6.53. The number of likely N-dealkylation sites (N-methyl/N-ethyl adjacent to an activating group) is 1. The number of benzene rings is 2. The maximum absolute atomic E-state index is 12.6. The molecule has 2 aromatic rings. The first-order chi connectivity index (χ1) is 13.1. The summed E-state index contributed by atoms with van der Waals surface area (Å²) in [5, 5.41) is 0. The number of carbonyl (C=O) groups excluding carboxylic acids is 2. The van der Waals surface area contributed by atoms with Crippen molar-refractivity contribution in [2.45, 2.75) is 32.1 Å². The average molecular weight is 365 g/mol. The molecule has 5 heteroatoms. The van der Waals surface area contributed by atoms with Gasteiger partial charge in [-0.2, -0.15) is 0 Å². The zero-order valence-corrected chi connectivity index (χ0v) is 15.9. The number of hydrogen-bond donors (Lipinski definition) is 0. The molecule has 2 aromatic carbocycles. The van der Waals surface area contributed by atoms with Gasteiger partial charge in [-0.3, -0.25) is 9.59 Å². The Bertz CT molecular complexity index is 934. The van der Waals surface area contributed by atoms with Crippen LogP contribution in [0.5, 0.6) is 11.5 Å². The van der Waals surface area contributed by atoms with Crippen molar-refractivity contribution in [2.75, 3.05) is 25.7 Å². The predicted octanol–water partition coefficient (Wildman–Crippen LogP) is 3.53. The van der Waals surface area contributed by atoms with Crippen LogP contribution in [0.2, 0.25) is 0 Å². The number of methoxy groups -OCH3 is 2. The van der Waals surface area contributed by atoms with E-state index in [0.29, 0.717) is 17.9 Å². The first-order valence-corrected chi connectivity index (χ1v) is 9.31. The molecule has 1 unspecified atom stereocenters. The molecule has 0 saturated carbocycles. The van der Waals surface area contributed by atoms with Crippen molar-refractivity contribution in [1.29, 1.82) is 0 Å². The number of amides is 1. The maximum Gasteiger partial charge on any atom is 0.299 e. The van der Waals surface area contributed by atoms with E-state index < -0.39 is 11.7 Å². The van der Waals surface area contributed by atoms with Gasteiger partial charge in [0, 0.05) is 6.54 Å². The van der Waals surface area contributed by atoms with Crippen LogP contribution in [0.25, 0.3) is 0 Å². The van der Waals surface area contributed by atoms with Gasteiger partial charge in [0.1, 0.15) is 11.5 Å². The van der Waals surface area contributed by atoms with Gasteiger partial charge in [0.15, 0.2) is 0 Å². The van der Waals surface area contributed by atoms with Crippen molar-refractivity contribution >= 4 is 17.4 Å². The molecule has 2 aliphatic rings. The molecule has 4 rings (SSSR count). The van der Waals surface area contributed by atoms with Crippen molar-refractivity contribution < 1.29 is 19.1 Å². The van der Waals surface area contributed by atoms with Gasteiger partial charge in [-0.05, 0) is 67.0 Å². The largest absolute Gasteiger partial charge is 0.497 e. The fourth-order valence-electron chi connectivity index (χ4n) is 4.36. The number of anilines is 1. The van der Waals surface area contributed by atoms with Crippen LogP contribution in [0.4, 0.5) is 5.69 Å². The van der Waals surface area contributed by atoms with Crippen LogP contribution in [-0.2, 0) is 17.6 Å². The second kappa shape index (κ2) is 6.72. The van der Waals surface area contributed by atoms with Crippen LogP contribution in [0.1, 0.15) is 46.3 Å². The van der Waals surface area contributed by atoms with Crippen molar-refractivity contribution in [3.05, 3.63) is 52.6 Å².